The third-order valence-electron chi connectivity index (χ3n) is 5.14. The van der Waals surface area contributed by atoms with Crippen LogP contribution >= 0.6 is 11.8 Å². The topological polar surface area (TPSA) is 139 Å². The molecule has 9 nitrogen and oxygen atoms in total. The first-order valence-corrected chi connectivity index (χ1v) is 12.4. The lowest BCUT2D eigenvalue weighted by Crippen LogP contribution is -2.43. The van der Waals surface area contributed by atoms with Gasteiger partial charge in [-0.1, -0.05) is 17.9 Å². The van der Waals surface area contributed by atoms with Crippen LogP contribution in [0.4, 0.5) is 15.3 Å². The highest BCUT2D eigenvalue weighted by Crippen LogP contribution is 2.44. The number of anilines is 1. The predicted octanol–water partition coefficient (Wildman–Crippen LogP) is 3.77. The van der Waals surface area contributed by atoms with Gasteiger partial charge in [0.15, 0.2) is 0 Å². The minimum Gasteiger partial charge on any atom is -0.497 e. The lowest BCUT2D eigenvalue weighted by atomic mass is 10.1. The van der Waals surface area contributed by atoms with E-state index < -0.39 is 31.2 Å². The molecule has 2 aromatic carbocycles. The van der Waals surface area contributed by atoms with E-state index >= 15 is 0 Å². The van der Waals surface area contributed by atoms with Gasteiger partial charge in [0.05, 0.1) is 12.0 Å². The first-order chi connectivity index (χ1) is 16.1. The highest BCUT2D eigenvalue weighted by atomic mass is 32.3. The van der Waals surface area contributed by atoms with Crippen LogP contribution in [0.1, 0.15) is 30.4 Å². The van der Waals surface area contributed by atoms with Crippen LogP contribution in [-0.4, -0.2) is 42.0 Å². The number of sulfone groups is 1. The fourth-order valence-corrected chi connectivity index (χ4v) is 6.73. The largest absolute Gasteiger partial charge is 0.497 e. The Morgan fingerprint density at radius 2 is 1.91 bits per heavy atom. The van der Waals surface area contributed by atoms with Crippen molar-refractivity contribution in [2.45, 2.75) is 35.2 Å². The van der Waals surface area contributed by atoms with Crippen LogP contribution in [0.15, 0.2) is 47.4 Å². The zero-order valence-electron chi connectivity index (χ0n) is 18.4. The highest BCUT2D eigenvalue weighted by molar-refractivity contribution is 8.25. The molecule has 1 unspecified atom stereocenters. The number of methoxy groups -OCH3 is 1. The number of carbonyl (C=O) groups excluding carboxylic acids is 2. The first-order valence-electron chi connectivity index (χ1n) is 10.1. The van der Waals surface area contributed by atoms with Gasteiger partial charge in [0.25, 0.3) is 11.1 Å². The molecule has 1 aliphatic rings. The number of aryl methyl sites for hydroxylation is 1. The number of nitrogens with one attached hydrogen (secondary N) is 2. The lowest BCUT2D eigenvalue weighted by molar-refractivity contribution is -0.120. The number of carbonyl (C=O) groups is 3. The van der Waals surface area contributed by atoms with Crippen LogP contribution in [0.25, 0.3) is 0 Å². The van der Waals surface area contributed by atoms with Crippen molar-refractivity contribution in [3.05, 3.63) is 53.6 Å². The molecule has 34 heavy (non-hydrogen) atoms. The summed E-state index contributed by atoms with van der Waals surface area (Å²) in [7, 11) is -2.76. The molecule has 0 radical (unpaired) electrons. The van der Waals surface area contributed by atoms with Gasteiger partial charge < -0.3 is 9.84 Å². The van der Waals surface area contributed by atoms with Gasteiger partial charge >= 0.3 is 6.09 Å². The number of carboxylic acid groups (broad SMARTS) is 1. The van der Waals surface area contributed by atoms with Gasteiger partial charge in [-0.15, -0.1) is 0 Å². The first kappa shape index (κ1) is 25.1. The van der Waals surface area contributed by atoms with Crippen molar-refractivity contribution in [2.24, 2.45) is 0 Å². The molecule has 1 fully saturated rings. The van der Waals surface area contributed by atoms with Crippen LogP contribution < -0.4 is 15.4 Å². The Balaban J connectivity index is 1.79. The van der Waals surface area contributed by atoms with Crippen LogP contribution in [0.5, 0.6) is 5.75 Å². The standard InChI is InChI=1S/C23H22N2O7S2/c1-15-7-8-17(24-21(27)28)14-16(15)6-4-3-5-13-23(20(26)25-22(29)33-23)34(30,31)19-11-9-18(32-2)10-12-19/h7-12,14,24H,3,5,13H2,1-2H3,(H,27,28)(H,25,26,29). The predicted molar refractivity (Wildman–Crippen MR) is 128 cm³/mol. The Morgan fingerprint density at radius 1 is 1.21 bits per heavy atom. The number of unbranched alkanes of at least 4 members (excludes halogenated alkanes) is 1. The van der Waals surface area contributed by atoms with Crippen molar-refractivity contribution in [2.75, 3.05) is 12.4 Å². The molecule has 0 aliphatic carbocycles. The maximum Gasteiger partial charge on any atom is 0.409 e. The number of benzene rings is 2. The Labute approximate surface area is 201 Å². The average Bonchev–Trinajstić information content (AvgIpc) is 3.09. The maximum absolute atomic E-state index is 13.4. The van der Waals surface area contributed by atoms with Crippen molar-refractivity contribution in [1.82, 2.24) is 5.32 Å². The molecular weight excluding hydrogens is 480 g/mol. The third kappa shape index (κ3) is 5.18. The molecule has 0 saturated carbocycles. The Kier molecular flexibility index (Phi) is 7.54. The summed E-state index contributed by atoms with van der Waals surface area (Å²) in [6.07, 6.45) is -0.800. The summed E-state index contributed by atoms with van der Waals surface area (Å²) in [4.78, 5) is 35.3. The molecule has 1 saturated heterocycles. The molecular formula is C23H22N2O7S2. The van der Waals surface area contributed by atoms with Crippen molar-refractivity contribution in [1.29, 1.82) is 0 Å². The molecule has 178 valence electrons. The second-order valence-corrected chi connectivity index (χ2v) is 11.1. The van der Waals surface area contributed by atoms with Crippen LogP contribution in [0.2, 0.25) is 0 Å². The van der Waals surface area contributed by atoms with Crippen LogP contribution in [0, 0.1) is 18.8 Å². The van der Waals surface area contributed by atoms with Gasteiger partial charge in [-0.2, -0.15) is 0 Å². The summed E-state index contributed by atoms with van der Waals surface area (Å²) >= 11 is 0.466. The van der Waals surface area contributed by atoms with Crippen molar-refractivity contribution < 1.29 is 32.6 Å². The fraction of sp³-hybridized carbons (Fsp3) is 0.261. The molecule has 1 atom stereocenters. The summed E-state index contributed by atoms with van der Waals surface area (Å²) in [6, 6.07) is 10.6. The van der Waals surface area contributed by atoms with E-state index in [0.717, 1.165) is 5.56 Å². The number of amides is 3. The number of imide groups is 1. The summed E-state index contributed by atoms with van der Waals surface area (Å²) in [5, 5.41) is 12.5. The molecule has 3 N–H and O–H groups in total. The SMILES string of the molecule is COc1ccc(S(=O)(=O)C2(CCCC#Cc3cc(NC(=O)O)ccc3C)SC(=O)NC2=O)cc1. The van der Waals surface area contributed by atoms with Gasteiger partial charge in [-0.25, -0.2) is 13.2 Å². The number of rotatable bonds is 7. The Morgan fingerprint density at radius 3 is 2.50 bits per heavy atom. The van der Waals surface area contributed by atoms with Crippen LogP contribution in [-0.2, 0) is 14.6 Å². The van der Waals surface area contributed by atoms with Gasteiger partial charge in [0.1, 0.15) is 5.75 Å². The highest BCUT2D eigenvalue weighted by Gasteiger charge is 2.57. The number of thioether (sulfide) groups is 1. The molecule has 1 heterocycles. The summed E-state index contributed by atoms with van der Waals surface area (Å²) < 4.78 is 29.9. The number of ether oxygens (including phenoxy) is 1. The zero-order chi connectivity index (χ0) is 24.9. The van der Waals surface area contributed by atoms with E-state index in [9.17, 15) is 22.8 Å². The van der Waals surface area contributed by atoms with Crippen LogP contribution in [0.3, 0.4) is 0 Å². The average molecular weight is 503 g/mol. The molecule has 11 heteroatoms. The van der Waals surface area contributed by atoms with E-state index in [4.69, 9.17) is 9.84 Å². The molecule has 2 aromatic rings. The summed E-state index contributed by atoms with van der Waals surface area (Å²) in [6.45, 7) is 1.83. The maximum atomic E-state index is 13.4. The van der Waals surface area contributed by atoms with E-state index in [1.165, 1.54) is 31.4 Å². The normalized spacial score (nSPS) is 17.5. The molecule has 1 aliphatic heterocycles. The molecule has 0 spiro atoms. The zero-order valence-corrected chi connectivity index (χ0v) is 20.0. The van der Waals surface area contributed by atoms with Gasteiger partial charge in [-0.3, -0.25) is 20.2 Å². The van der Waals surface area contributed by atoms with Crippen molar-refractivity contribution in [3.8, 4) is 17.6 Å². The molecule has 0 bridgehead atoms. The second-order valence-electron chi connectivity index (χ2n) is 7.39. The van der Waals surface area contributed by atoms with Crippen molar-refractivity contribution >= 4 is 44.5 Å². The quantitative estimate of drug-likeness (QED) is 0.384. The minimum atomic E-state index is -4.21. The lowest BCUT2D eigenvalue weighted by Gasteiger charge is -2.24. The van der Waals surface area contributed by atoms with E-state index in [-0.39, 0.29) is 24.2 Å². The minimum absolute atomic E-state index is 0.0879. The van der Waals surface area contributed by atoms with Gasteiger partial charge in [0.2, 0.25) is 13.9 Å². The number of hydrogen-bond acceptors (Lipinski definition) is 7. The molecule has 3 amide bonds. The summed E-state index contributed by atoms with van der Waals surface area (Å²) in [5.41, 5.74) is 1.85. The van der Waals surface area contributed by atoms with E-state index in [1.807, 2.05) is 6.92 Å². The smallest absolute Gasteiger partial charge is 0.409 e. The van der Waals surface area contributed by atoms with E-state index in [1.54, 1.807) is 18.2 Å². The van der Waals surface area contributed by atoms with Crippen molar-refractivity contribution in [3.63, 3.8) is 0 Å². The number of hydrogen-bond donors (Lipinski definition) is 3. The fourth-order valence-electron chi connectivity index (χ4n) is 3.36. The van der Waals surface area contributed by atoms with E-state index in [2.05, 4.69) is 22.5 Å². The third-order valence-corrected chi connectivity index (χ3v) is 9.21. The Bertz CT molecular complexity index is 1290. The summed E-state index contributed by atoms with van der Waals surface area (Å²) in [5.74, 6) is 5.47. The van der Waals surface area contributed by atoms with Gasteiger partial charge in [-0.05, 0) is 73.5 Å². The molecule has 0 aromatic heterocycles. The van der Waals surface area contributed by atoms with E-state index in [0.29, 0.717) is 28.8 Å². The van der Waals surface area contributed by atoms with Gasteiger partial charge in [0, 0.05) is 17.7 Å². The second kappa shape index (κ2) is 10.2. The monoisotopic (exact) mass is 502 g/mol. The Hall–Kier alpha value is -3.49. The molecule has 3 rings (SSSR count).